The smallest absolute Gasteiger partial charge is 0.336 e. The highest BCUT2D eigenvalue weighted by molar-refractivity contribution is 5.90. The number of aliphatic hydroxyl groups excluding tert-OH is 1. The molecule has 0 saturated heterocycles. The predicted octanol–water partition coefficient (Wildman–Crippen LogP) is 0.988. The molecule has 2 rings (SSSR count). The SMILES string of the molecule is O=C1OCCC=C1C(O)c1ccccn1. The van der Waals surface area contributed by atoms with Crippen LogP contribution in [-0.2, 0) is 9.53 Å². The molecule has 0 bridgehead atoms. The second kappa shape index (κ2) is 4.23. The molecular weight excluding hydrogens is 194 g/mol. The minimum atomic E-state index is -0.987. The van der Waals surface area contributed by atoms with Crippen molar-refractivity contribution in [1.29, 1.82) is 0 Å². The van der Waals surface area contributed by atoms with Gasteiger partial charge in [0.15, 0.2) is 0 Å². The van der Waals surface area contributed by atoms with Gasteiger partial charge in [0.1, 0.15) is 6.10 Å². The zero-order chi connectivity index (χ0) is 10.7. The summed E-state index contributed by atoms with van der Waals surface area (Å²) in [6.45, 7) is 0.386. The van der Waals surface area contributed by atoms with E-state index in [2.05, 4.69) is 4.98 Å². The fraction of sp³-hybridized carbons (Fsp3) is 0.273. The Morgan fingerprint density at radius 2 is 2.33 bits per heavy atom. The Hall–Kier alpha value is -1.68. The van der Waals surface area contributed by atoms with Gasteiger partial charge in [-0.25, -0.2) is 4.79 Å². The molecule has 78 valence electrons. The lowest BCUT2D eigenvalue weighted by molar-refractivity contribution is -0.141. The molecular formula is C11H11NO3. The van der Waals surface area contributed by atoms with Crippen molar-refractivity contribution in [3.8, 4) is 0 Å². The number of aliphatic hydroxyl groups is 1. The molecule has 2 heterocycles. The van der Waals surface area contributed by atoms with E-state index in [9.17, 15) is 9.90 Å². The second-order valence-corrected chi connectivity index (χ2v) is 3.24. The van der Waals surface area contributed by atoms with Crippen LogP contribution in [-0.4, -0.2) is 22.7 Å². The van der Waals surface area contributed by atoms with Crippen molar-refractivity contribution in [2.45, 2.75) is 12.5 Å². The van der Waals surface area contributed by atoms with E-state index in [0.29, 0.717) is 18.7 Å². The molecule has 1 aromatic heterocycles. The Morgan fingerprint density at radius 3 is 3.00 bits per heavy atom. The average Bonchev–Trinajstić information content (AvgIpc) is 2.30. The van der Waals surface area contributed by atoms with Crippen LogP contribution in [0.1, 0.15) is 18.2 Å². The van der Waals surface area contributed by atoms with Gasteiger partial charge in [-0.2, -0.15) is 0 Å². The van der Waals surface area contributed by atoms with Crippen molar-refractivity contribution in [3.63, 3.8) is 0 Å². The minimum absolute atomic E-state index is 0.278. The number of rotatable bonds is 2. The van der Waals surface area contributed by atoms with E-state index in [0.717, 1.165) is 0 Å². The van der Waals surface area contributed by atoms with Crippen molar-refractivity contribution in [1.82, 2.24) is 4.98 Å². The average molecular weight is 205 g/mol. The molecule has 1 N–H and O–H groups in total. The van der Waals surface area contributed by atoms with Crippen LogP contribution in [0.2, 0.25) is 0 Å². The van der Waals surface area contributed by atoms with Crippen LogP contribution in [0.5, 0.6) is 0 Å². The molecule has 15 heavy (non-hydrogen) atoms. The molecule has 1 aliphatic heterocycles. The first-order valence-corrected chi connectivity index (χ1v) is 4.75. The molecule has 0 fully saturated rings. The number of pyridine rings is 1. The van der Waals surface area contributed by atoms with E-state index >= 15 is 0 Å². The number of aromatic nitrogens is 1. The van der Waals surface area contributed by atoms with Gasteiger partial charge in [-0.05, 0) is 12.1 Å². The minimum Gasteiger partial charge on any atom is -0.462 e. The molecule has 1 aromatic rings. The third-order valence-electron chi connectivity index (χ3n) is 2.21. The van der Waals surface area contributed by atoms with E-state index in [1.54, 1.807) is 30.5 Å². The van der Waals surface area contributed by atoms with E-state index < -0.39 is 12.1 Å². The summed E-state index contributed by atoms with van der Waals surface area (Å²) in [5.74, 6) is -0.459. The first-order chi connectivity index (χ1) is 7.29. The number of hydrogen-bond donors (Lipinski definition) is 1. The van der Waals surface area contributed by atoms with Crippen LogP contribution >= 0.6 is 0 Å². The molecule has 0 aliphatic carbocycles. The van der Waals surface area contributed by atoms with Gasteiger partial charge >= 0.3 is 5.97 Å². The van der Waals surface area contributed by atoms with Gasteiger partial charge in [0.25, 0.3) is 0 Å². The van der Waals surface area contributed by atoms with E-state index in [4.69, 9.17) is 4.74 Å². The molecule has 0 saturated carbocycles. The van der Waals surface area contributed by atoms with Crippen molar-refractivity contribution < 1.29 is 14.6 Å². The number of cyclic esters (lactones) is 1. The summed E-state index contributed by atoms with van der Waals surface area (Å²) >= 11 is 0. The zero-order valence-electron chi connectivity index (χ0n) is 8.09. The van der Waals surface area contributed by atoms with Crippen LogP contribution in [0.25, 0.3) is 0 Å². The second-order valence-electron chi connectivity index (χ2n) is 3.24. The summed E-state index contributed by atoms with van der Waals surface area (Å²) < 4.78 is 4.84. The lowest BCUT2D eigenvalue weighted by Gasteiger charge is -2.17. The summed E-state index contributed by atoms with van der Waals surface area (Å²) in [5.41, 5.74) is 0.738. The molecule has 0 amide bonds. The fourth-order valence-electron chi connectivity index (χ4n) is 1.45. The summed E-state index contributed by atoms with van der Waals surface area (Å²) in [6.07, 6.45) is 2.93. The maximum Gasteiger partial charge on any atom is 0.336 e. The number of ether oxygens (including phenoxy) is 1. The van der Waals surface area contributed by atoms with E-state index in [-0.39, 0.29) is 5.57 Å². The van der Waals surface area contributed by atoms with E-state index in [1.807, 2.05) is 0 Å². The van der Waals surface area contributed by atoms with Gasteiger partial charge in [-0.1, -0.05) is 12.1 Å². The van der Waals surface area contributed by atoms with Gasteiger partial charge in [-0.3, -0.25) is 4.98 Å². The maximum atomic E-state index is 11.3. The van der Waals surface area contributed by atoms with Gasteiger partial charge < -0.3 is 9.84 Å². The highest BCUT2D eigenvalue weighted by Crippen LogP contribution is 2.23. The number of nitrogens with zero attached hydrogens (tertiary/aromatic N) is 1. The molecule has 1 unspecified atom stereocenters. The Kier molecular flexibility index (Phi) is 2.78. The molecule has 4 heteroatoms. The van der Waals surface area contributed by atoms with Crippen LogP contribution in [0.3, 0.4) is 0 Å². The highest BCUT2D eigenvalue weighted by atomic mass is 16.5. The number of carbonyl (C=O) groups excluding carboxylic acids is 1. The summed E-state index contributed by atoms with van der Waals surface area (Å²) in [5, 5.41) is 9.88. The molecule has 0 spiro atoms. The number of carbonyl (C=O) groups is 1. The summed E-state index contributed by atoms with van der Waals surface area (Å²) in [7, 11) is 0. The van der Waals surface area contributed by atoms with Gasteiger partial charge in [0.05, 0.1) is 17.9 Å². The highest BCUT2D eigenvalue weighted by Gasteiger charge is 2.24. The van der Waals surface area contributed by atoms with Crippen LogP contribution < -0.4 is 0 Å². The Morgan fingerprint density at radius 1 is 1.47 bits per heavy atom. The maximum absolute atomic E-state index is 11.3. The molecule has 1 atom stereocenters. The molecule has 4 nitrogen and oxygen atoms in total. The normalized spacial score (nSPS) is 17.9. The van der Waals surface area contributed by atoms with E-state index in [1.165, 1.54) is 0 Å². The summed E-state index contributed by atoms with van der Waals surface area (Å²) in [6, 6.07) is 5.19. The zero-order valence-corrected chi connectivity index (χ0v) is 8.09. The quantitative estimate of drug-likeness (QED) is 0.731. The first-order valence-electron chi connectivity index (χ1n) is 4.75. The third kappa shape index (κ3) is 2.05. The van der Waals surface area contributed by atoms with Gasteiger partial charge in [0, 0.05) is 12.6 Å². The van der Waals surface area contributed by atoms with Crippen LogP contribution in [0.4, 0.5) is 0 Å². The Balaban J connectivity index is 2.24. The molecule has 0 radical (unpaired) electrons. The number of hydrogen-bond acceptors (Lipinski definition) is 4. The predicted molar refractivity (Wildman–Crippen MR) is 52.9 cm³/mol. The molecule has 1 aliphatic rings. The third-order valence-corrected chi connectivity index (χ3v) is 2.21. The van der Waals surface area contributed by atoms with Crippen LogP contribution in [0.15, 0.2) is 36.0 Å². The summed E-state index contributed by atoms with van der Waals surface area (Å²) in [4.78, 5) is 15.3. The van der Waals surface area contributed by atoms with Crippen molar-refractivity contribution in [2.75, 3.05) is 6.61 Å². The monoisotopic (exact) mass is 205 g/mol. The topological polar surface area (TPSA) is 59.4 Å². The lowest BCUT2D eigenvalue weighted by atomic mass is 10.0. The van der Waals surface area contributed by atoms with Crippen molar-refractivity contribution in [2.24, 2.45) is 0 Å². The van der Waals surface area contributed by atoms with Gasteiger partial charge in [0.2, 0.25) is 0 Å². The standard InChI is InChI=1S/C11H11NO3/c13-10(9-5-1-2-6-12-9)8-4-3-7-15-11(8)14/h1-2,4-6,10,13H,3,7H2. The Bertz CT molecular complexity index is 386. The first kappa shape index (κ1) is 9.86. The lowest BCUT2D eigenvalue weighted by Crippen LogP contribution is -2.19. The van der Waals surface area contributed by atoms with Crippen molar-refractivity contribution >= 4 is 5.97 Å². The molecule has 0 aromatic carbocycles. The Labute approximate surface area is 87.2 Å². The largest absolute Gasteiger partial charge is 0.462 e. The van der Waals surface area contributed by atoms with Crippen molar-refractivity contribution in [3.05, 3.63) is 41.7 Å². The fourth-order valence-corrected chi connectivity index (χ4v) is 1.45. The van der Waals surface area contributed by atoms with Gasteiger partial charge in [-0.15, -0.1) is 0 Å². The number of esters is 1. The van der Waals surface area contributed by atoms with Crippen LogP contribution in [0, 0.1) is 0 Å².